The minimum absolute atomic E-state index is 0.119. The van der Waals surface area contributed by atoms with Gasteiger partial charge in [0, 0.05) is 13.1 Å². The molecule has 14 heavy (non-hydrogen) atoms. The Morgan fingerprint density at radius 1 is 0.786 bits per heavy atom. The molecule has 6 heteroatoms. The van der Waals surface area contributed by atoms with Crippen LogP contribution in [0.3, 0.4) is 0 Å². The maximum absolute atomic E-state index is 5.56. The summed E-state index contributed by atoms with van der Waals surface area (Å²) < 4.78 is 21.5. The van der Waals surface area contributed by atoms with Gasteiger partial charge in [-0.3, -0.25) is 0 Å². The zero-order valence-electron chi connectivity index (χ0n) is 7.93. The van der Waals surface area contributed by atoms with Gasteiger partial charge in [-0.1, -0.05) is 0 Å². The molecule has 2 rings (SSSR count). The first-order valence-electron chi connectivity index (χ1n) is 4.73. The van der Waals surface area contributed by atoms with Crippen LogP contribution in [0, 0.1) is 0 Å². The Morgan fingerprint density at radius 2 is 1.21 bits per heavy atom. The maximum Gasteiger partial charge on any atom is 0.147 e. The fraction of sp³-hybridized carbons (Fsp3) is 1.00. The maximum atomic E-state index is 5.56. The van der Waals surface area contributed by atoms with Gasteiger partial charge in [-0.25, -0.2) is 0 Å². The molecule has 2 saturated heterocycles. The summed E-state index contributed by atoms with van der Waals surface area (Å²) in [5, 5.41) is 0. The number of nitrogens with two attached hydrogens (primary N) is 2. The third kappa shape index (κ3) is 1.77. The molecular weight excluding hydrogens is 188 g/mol. The highest BCUT2D eigenvalue weighted by Gasteiger charge is 2.43. The van der Waals surface area contributed by atoms with Crippen molar-refractivity contribution in [2.45, 2.75) is 24.4 Å². The van der Waals surface area contributed by atoms with Crippen molar-refractivity contribution in [3.05, 3.63) is 0 Å². The van der Waals surface area contributed by atoms with Crippen LogP contribution in [0.15, 0.2) is 0 Å². The topological polar surface area (TPSA) is 89.0 Å². The van der Waals surface area contributed by atoms with Crippen molar-refractivity contribution in [1.29, 1.82) is 0 Å². The first kappa shape index (κ1) is 10.3. The zero-order chi connectivity index (χ0) is 9.97. The second-order valence-electron chi connectivity index (χ2n) is 3.38. The summed E-state index contributed by atoms with van der Waals surface area (Å²) in [6.45, 7) is 1.29. The number of hydrogen-bond donors (Lipinski definition) is 2. The van der Waals surface area contributed by atoms with Gasteiger partial charge in [0.1, 0.15) is 38.0 Å². The molecule has 2 aliphatic rings. The molecule has 2 heterocycles. The van der Waals surface area contributed by atoms with E-state index < -0.39 is 0 Å². The van der Waals surface area contributed by atoms with Crippen LogP contribution in [0.2, 0.25) is 0 Å². The van der Waals surface area contributed by atoms with E-state index in [1.807, 2.05) is 0 Å². The fourth-order valence-electron chi connectivity index (χ4n) is 1.83. The molecule has 0 aromatic heterocycles. The van der Waals surface area contributed by atoms with E-state index in [0.717, 1.165) is 0 Å². The molecule has 0 spiro atoms. The van der Waals surface area contributed by atoms with Crippen LogP contribution >= 0.6 is 0 Å². The van der Waals surface area contributed by atoms with Gasteiger partial charge in [0.05, 0.1) is 0 Å². The van der Waals surface area contributed by atoms with Gasteiger partial charge in [0.15, 0.2) is 0 Å². The van der Waals surface area contributed by atoms with Crippen molar-refractivity contribution in [3.8, 4) is 0 Å². The van der Waals surface area contributed by atoms with Crippen LogP contribution in [0.4, 0.5) is 0 Å². The van der Waals surface area contributed by atoms with Gasteiger partial charge >= 0.3 is 0 Å². The van der Waals surface area contributed by atoms with Crippen LogP contribution in [-0.4, -0.2) is 51.1 Å². The molecule has 6 nitrogen and oxygen atoms in total. The van der Waals surface area contributed by atoms with Crippen LogP contribution < -0.4 is 11.5 Å². The van der Waals surface area contributed by atoms with E-state index in [2.05, 4.69) is 0 Å². The molecule has 0 saturated carbocycles. The number of fused-ring (bicyclic) bond motifs is 1. The van der Waals surface area contributed by atoms with Gasteiger partial charge in [0.2, 0.25) is 0 Å². The minimum atomic E-state index is -0.156. The molecule has 0 radical (unpaired) electrons. The standard InChI is InChI=1S/C8H16N2O4/c9-1-5-7-8(14-3-11-5)6(2-10)12-4-13-7/h5-8H,1-4,9-10H2/t5-,6-,7-,8-/m1/s1. The lowest BCUT2D eigenvalue weighted by molar-refractivity contribution is -0.318. The Balaban J connectivity index is 2.04. The van der Waals surface area contributed by atoms with Crippen molar-refractivity contribution in [2.24, 2.45) is 11.5 Å². The summed E-state index contributed by atoms with van der Waals surface area (Å²) in [6.07, 6.45) is -0.550. The van der Waals surface area contributed by atoms with Crippen LogP contribution in [-0.2, 0) is 18.9 Å². The fourth-order valence-corrected chi connectivity index (χ4v) is 1.83. The van der Waals surface area contributed by atoms with Gasteiger partial charge in [0.25, 0.3) is 0 Å². The number of rotatable bonds is 2. The average Bonchev–Trinajstić information content (AvgIpc) is 2.27. The molecular formula is C8H16N2O4. The van der Waals surface area contributed by atoms with Gasteiger partial charge in [-0.2, -0.15) is 0 Å². The molecule has 82 valence electrons. The normalized spacial score (nSPS) is 43.3. The average molecular weight is 204 g/mol. The lowest BCUT2D eigenvalue weighted by atomic mass is 10.0. The van der Waals surface area contributed by atoms with E-state index in [0.29, 0.717) is 13.1 Å². The van der Waals surface area contributed by atoms with Crippen molar-refractivity contribution in [1.82, 2.24) is 0 Å². The lowest BCUT2D eigenvalue weighted by Gasteiger charge is -2.43. The summed E-state index contributed by atoms with van der Waals surface area (Å²) >= 11 is 0. The Hall–Kier alpha value is -0.240. The molecule has 0 aromatic carbocycles. The van der Waals surface area contributed by atoms with Crippen molar-refractivity contribution < 1.29 is 18.9 Å². The molecule has 0 bridgehead atoms. The molecule has 0 unspecified atom stereocenters. The first-order valence-corrected chi connectivity index (χ1v) is 4.73. The Labute approximate surface area is 82.4 Å². The van der Waals surface area contributed by atoms with Crippen molar-refractivity contribution in [2.75, 3.05) is 26.7 Å². The predicted molar refractivity (Wildman–Crippen MR) is 47.3 cm³/mol. The molecule has 4 N–H and O–H groups in total. The van der Waals surface area contributed by atoms with Crippen LogP contribution in [0.25, 0.3) is 0 Å². The second-order valence-corrected chi connectivity index (χ2v) is 3.38. The summed E-state index contributed by atoms with van der Waals surface area (Å²) in [6, 6.07) is 0. The highest BCUT2D eigenvalue weighted by atomic mass is 16.8. The molecule has 0 aliphatic carbocycles. The Morgan fingerprint density at radius 3 is 1.57 bits per heavy atom. The minimum Gasteiger partial charge on any atom is -0.348 e. The zero-order valence-corrected chi connectivity index (χ0v) is 7.93. The van der Waals surface area contributed by atoms with Crippen LogP contribution in [0.5, 0.6) is 0 Å². The predicted octanol–water partition coefficient (Wildman–Crippen LogP) is -1.61. The molecule has 2 fully saturated rings. The molecule has 4 atom stereocenters. The van der Waals surface area contributed by atoms with Gasteiger partial charge in [-0.15, -0.1) is 0 Å². The smallest absolute Gasteiger partial charge is 0.147 e. The quantitative estimate of drug-likeness (QED) is 0.562. The summed E-state index contributed by atoms with van der Waals surface area (Å²) in [5.41, 5.74) is 11.1. The third-order valence-electron chi connectivity index (χ3n) is 2.61. The van der Waals surface area contributed by atoms with Crippen LogP contribution in [0.1, 0.15) is 0 Å². The summed E-state index contributed by atoms with van der Waals surface area (Å²) in [7, 11) is 0. The lowest BCUT2D eigenvalue weighted by Crippen LogP contribution is -2.60. The largest absolute Gasteiger partial charge is 0.348 e. The van der Waals surface area contributed by atoms with E-state index >= 15 is 0 Å². The SMILES string of the molecule is NC[C@H]1OCO[C@H]2[C@@H]1OCO[C@@H]2CN. The molecule has 2 aliphatic heterocycles. The van der Waals surface area contributed by atoms with E-state index in [9.17, 15) is 0 Å². The highest BCUT2D eigenvalue weighted by molar-refractivity contribution is 4.89. The van der Waals surface area contributed by atoms with Gasteiger partial charge < -0.3 is 30.4 Å². The number of hydrogen-bond acceptors (Lipinski definition) is 6. The highest BCUT2D eigenvalue weighted by Crippen LogP contribution is 2.24. The Kier molecular flexibility index (Phi) is 3.32. The first-order chi connectivity index (χ1) is 6.86. The Bertz CT molecular complexity index is 172. The monoisotopic (exact) mass is 204 g/mol. The third-order valence-corrected chi connectivity index (χ3v) is 2.61. The molecule has 0 amide bonds. The molecule has 0 aromatic rings. The number of ether oxygens (including phenoxy) is 4. The van der Waals surface area contributed by atoms with E-state index in [-0.39, 0.29) is 38.0 Å². The van der Waals surface area contributed by atoms with E-state index in [4.69, 9.17) is 30.4 Å². The van der Waals surface area contributed by atoms with Gasteiger partial charge in [-0.05, 0) is 0 Å². The van der Waals surface area contributed by atoms with E-state index in [1.54, 1.807) is 0 Å². The van der Waals surface area contributed by atoms with E-state index in [1.165, 1.54) is 0 Å². The van der Waals surface area contributed by atoms with Crippen molar-refractivity contribution >= 4 is 0 Å². The van der Waals surface area contributed by atoms with Crippen molar-refractivity contribution in [3.63, 3.8) is 0 Å². The summed E-state index contributed by atoms with van der Waals surface area (Å²) in [5.74, 6) is 0. The summed E-state index contributed by atoms with van der Waals surface area (Å²) in [4.78, 5) is 0. The second kappa shape index (κ2) is 4.52.